The van der Waals surface area contributed by atoms with Crippen molar-refractivity contribution >= 4 is 10.0 Å². The van der Waals surface area contributed by atoms with Gasteiger partial charge in [0.2, 0.25) is 10.0 Å². The van der Waals surface area contributed by atoms with Gasteiger partial charge in [0, 0.05) is 18.2 Å². The van der Waals surface area contributed by atoms with Gasteiger partial charge in [-0.1, -0.05) is 12.8 Å². The zero-order valence-electron chi connectivity index (χ0n) is 13.0. The van der Waals surface area contributed by atoms with Gasteiger partial charge in [-0.25, -0.2) is 13.1 Å². The Hall–Kier alpha value is -1.31. The predicted octanol–water partition coefficient (Wildman–Crippen LogP) is 1.39. The van der Waals surface area contributed by atoms with E-state index in [-0.39, 0.29) is 17.8 Å². The van der Waals surface area contributed by atoms with Crippen molar-refractivity contribution < 1.29 is 17.9 Å². The van der Waals surface area contributed by atoms with Crippen LogP contribution in [0.3, 0.4) is 0 Å². The summed E-state index contributed by atoms with van der Waals surface area (Å²) in [5, 5.41) is 0. The van der Waals surface area contributed by atoms with Crippen molar-refractivity contribution in [2.75, 3.05) is 14.2 Å². The first kappa shape index (κ1) is 17.1. The molecule has 1 aliphatic rings. The SMILES string of the molecule is COc1cc(CS(=O)(=O)NC2CCCCC2N)cc(OC)c1. The molecule has 124 valence electrons. The summed E-state index contributed by atoms with van der Waals surface area (Å²) in [6, 6.07) is 4.82. The van der Waals surface area contributed by atoms with Gasteiger partial charge in [0.15, 0.2) is 0 Å². The van der Waals surface area contributed by atoms with Crippen LogP contribution in [0.5, 0.6) is 11.5 Å². The number of hydrogen-bond donors (Lipinski definition) is 2. The fourth-order valence-corrected chi connectivity index (χ4v) is 4.19. The predicted molar refractivity (Wildman–Crippen MR) is 85.5 cm³/mol. The second kappa shape index (κ2) is 7.30. The number of rotatable bonds is 6. The average Bonchev–Trinajstić information content (AvgIpc) is 2.48. The summed E-state index contributed by atoms with van der Waals surface area (Å²) in [7, 11) is -0.390. The molecule has 1 fully saturated rings. The summed E-state index contributed by atoms with van der Waals surface area (Å²) in [5.74, 6) is 1.02. The molecule has 1 saturated carbocycles. The summed E-state index contributed by atoms with van der Waals surface area (Å²) in [5.41, 5.74) is 6.62. The summed E-state index contributed by atoms with van der Waals surface area (Å²) in [4.78, 5) is 0. The van der Waals surface area contributed by atoms with E-state index in [4.69, 9.17) is 15.2 Å². The molecule has 0 spiro atoms. The number of nitrogens with two attached hydrogens (primary N) is 1. The van der Waals surface area contributed by atoms with Gasteiger partial charge in [0.1, 0.15) is 11.5 Å². The van der Waals surface area contributed by atoms with Gasteiger partial charge in [-0.15, -0.1) is 0 Å². The van der Waals surface area contributed by atoms with E-state index in [1.165, 1.54) is 14.2 Å². The number of benzene rings is 1. The molecule has 0 amide bonds. The van der Waals surface area contributed by atoms with Crippen molar-refractivity contribution in [3.63, 3.8) is 0 Å². The Balaban J connectivity index is 2.11. The monoisotopic (exact) mass is 328 g/mol. The molecule has 0 heterocycles. The molecule has 2 atom stereocenters. The van der Waals surface area contributed by atoms with Crippen molar-refractivity contribution in [1.82, 2.24) is 4.72 Å². The van der Waals surface area contributed by atoms with Crippen LogP contribution in [0, 0.1) is 0 Å². The lowest BCUT2D eigenvalue weighted by molar-refractivity contribution is 0.361. The second-order valence-corrected chi connectivity index (χ2v) is 7.41. The van der Waals surface area contributed by atoms with Crippen LogP contribution in [0.15, 0.2) is 18.2 Å². The van der Waals surface area contributed by atoms with Crippen molar-refractivity contribution in [3.05, 3.63) is 23.8 Å². The van der Waals surface area contributed by atoms with Gasteiger partial charge in [-0.2, -0.15) is 0 Å². The van der Waals surface area contributed by atoms with E-state index < -0.39 is 10.0 Å². The number of hydrogen-bond acceptors (Lipinski definition) is 5. The molecule has 7 heteroatoms. The Morgan fingerprint density at radius 2 is 1.73 bits per heavy atom. The Morgan fingerprint density at radius 3 is 2.27 bits per heavy atom. The highest BCUT2D eigenvalue weighted by molar-refractivity contribution is 7.88. The zero-order valence-corrected chi connectivity index (χ0v) is 13.9. The van der Waals surface area contributed by atoms with Crippen LogP contribution >= 0.6 is 0 Å². The maximum atomic E-state index is 12.4. The highest BCUT2D eigenvalue weighted by Gasteiger charge is 2.26. The van der Waals surface area contributed by atoms with E-state index in [0.717, 1.165) is 25.7 Å². The Morgan fingerprint density at radius 1 is 1.14 bits per heavy atom. The molecule has 1 aromatic carbocycles. The van der Waals surface area contributed by atoms with Crippen LogP contribution in [-0.2, 0) is 15.8 Å². The first-order valence-electron chi connectivity index (χ1n) is 7.41. The summed E-state index contributed by atoms with van der Waals surface area (Å²) < 4.78 is 37.8. The highest BCUT2D eigenvalue weighted by atomic mass is 32.2. The molecule has 3 N–H and O–H groups in total. The molecule has 1 aromatic rings. The fraction of sp³-hybridized carbons (Fsp3) is 0.600. The average molecular weight is 328 g/mol. The molecular weight excluding hydrogens is 304 g/mol. The number of sulfonamides is 1. The first-order valence-corrected chi connectivity index (χ1v) is 9.06. The van der Waals surface area contributed by atoms with Gasteiger partial charge >= 0.3 is 0 Å². The minimum absolute atomic E-state index is 0.108. The van der Waals surface area contributed by atoms with Gasteiger partial charge in [-0.05, 0) is 30.5 Å². The lowest BCUT2D eigenvalue weighted by Crippen LogP contribution is -2.49. The highest BCUT2D eigenvalue weighted by Crippen LogP contribution is 2.24. The topological polar surface area (TPSA) is 90.7 Å². The third-order valence-corrected chi connectivity index (χ3v) is 5.29. The molecule has 0 aromatic heterocycles. The van der Waals surface area contributed by atoms with E-state index >= 15 is 0 Å². The normalized spacial score (nSPS) is 22.3. The molecule has 2 rings (SSSR count). The molecule has 0 saturated heterocycles. The molecule has 0 radical (unpaired) electrons. The number of ether oxygens (including phenoxy) is 2. The molecule has 6 nitrogen and oxygen atoms in total. The quantitative estimate of drug-likeness (QED) is 0.823. The van der Waals surface area contributed by atoms with Gasteiger partial charge in [0.25, 0.3) is 0 Å². The molecule has 2 unspecified atom stereocenters. The van der Waals surface area contributed by atoms with Crippen LogP contribution < -0.4 is 19.9 Å². The summed E-state index contributed by atoms with van der Waals surface area (Å²) in [6.07, 6.45) is 3.72. The number of nitrogens with one attached hydrogen (secondary N) is 1. The van der Waals surface area contributed by atoms with E-state index in [2.05, 4.69) is 4.72 Å². The van der Waals surface area contributed by atoms with Crippen LogP contribution in [0.1, 0.15) is 31.2 Å². The van der Waals surface area contributed by atoms with Crippen molar-refractivity contribution in [2.45, 2.75) is 43.5 Å². The van der Waals surface area contributed by atoms with E-state index in [9.17, 15) is 8.42 Å². The lowest BCUT2D eigenvalue weighted by atomic mass is 9.92. The summed E-state index contributed by atoms with van der Waals surface area (Å²) >= 11 is 0. The van der Waals surface area contributed by atoms with Crippen molar-refractivity contribution in [1.29, 1.82) is 0 Å². The van der Waals surface area contributed by atoms with Crippen LogP contribution in [-0.4, -0.2) is 34.7 Å². The maximum Gasteiger partial charge on any atom is 0.216 e. The van der Waals surface area contributed by atoms with Crippen molar-refractivity contribution in [2.24, 2.45) is 5.73 Å². The van der Waals surface area contributed by atoms with Gasteiger partial charge in [0.05, 0.1) is 20.0 Å². The van der Waals surface area contributed by atoms with Gasteiger partial charge < -0.3 is 15.2 Å². The van der Waals surface area contributed by atoms with Gasteiger partial charge in [-0.3, -0.25) is 0 Å². The third kappa shape index (κ3) is 4.59. The summed E-state index contributed by atoms with van der Waals surface area (Å²) in [6.45, 7) is 0. The van der Waals surface area contributed by atoms with Crippen molar-refractivity contribution in [3.8, 4) is 11.5 Å². The minimum atomic E-state index is -3.46. The minimum Gasteiger partial charge on any atom is -0.497 e. The fourth-order valence-electron chi connectivity index (χ4n) is 2.75. The van der Waals surface area contributed by atoms with Crippen LogP contribution in [0.4, 0.5) is 0 Å². The molecule has 0 bridgehead atoms. The Bertz CT molecular complexity index is 581. The smallest absolute Gasteiger partial charge is 0.216 e. The Kier molecular flexibility index (Phi) is 5.66. The number of methoxy groups -OCH3 is 2. The maximum absolute atomic E-state index is 12.4. The molecule has 22 heavy (non-hydrogen) atoms. The van der Waals surface area contributed by atoms with E-state index in [1.54, 1.807) is 18.2 Å². The lowest BCUT2D eigenvalue weighted by Gasteiger charge is -2.29. The molecule has 1 aliphatic carbocycles. The Labute approximate surface area is 132 Å². The van der Waals surface area contributed by atoms with Crippen LogP contribution in [0.2, 0.25) is 0 Å². The van der Waals surface area contributed by atoms with Crippen LogP contribution in [0.25, 0.3) is 0 Å². The largest absolute Gasteiger partial charge is 0.497 e. The third-order valence-electron chi connectivity index (χ3n) is 3.92. The zero-order chi connectivity index (χ0) is 16.2. The second-order valence-electron chi connectivity index (χ2n) is 5.65. The molecular formula is C15H24N2O4S. The van der Waals surface area contributed by atoms with E-state index in [0.29, 0.717) is 17.1 Å². The van der Waals surface area contributed by atoms with E-state index in [1.807, 2.05) is 0 Å². The standard InChI is InChI=1S/C15H24N2O4S/c1-20-12-7-11(8-13(9-12)21-2)10-22(18,19)17-15-6-4-3-5-14(15)16/h7-9,14-15,17H,3-6,10,16H2,1-2H3. The first-order chi connectivity index (χ1) is 10.4. The molecule has 0 aliphatic heterocycles.